The number of benzene rings is 1. The Bertz CT molecular complexity index is 587. The Morgan fingerprint density at radius 1 is 1.24 bits per heavy atom. The van der Waals surface area contributed by atoms with Crippen LogP contribution >= 0.6 is 0 Å². The maximum absolute atomic E-state index is 12.3. The summed E-state index contributed by atoms with van der Waals surface area (Å²) >= 11 is 0. The zero-order valence-electron chi connectivity index (χ0n) is 12.2. The maximum atomic E-state index is 12.3. The van der Waals surface area contributed by atoms with Gasteiger partial charge in [-0.05, 0) is 37.8 Å². The molecule has 1 aromatic rings. The summed E-state index contributed by atoms with van der Waals surface area (Å²) in [6, 6.07) is 6.84. The minimum absolute atomic E-state index is 0.160. The van der Waals surface area contributed by atoms with Gasteiger partial charge in [0, 0.05) is 13.1 Å². The highest BCUT2D eigenvalue weighted by atomic mass is 16.2. The largest absolute Gasteiger partial charge is 0.341 e. The maximum Gasteiger partial charge on any atom is 0.262 e. The van der Waals surface area contributed by atoms with Crippen molar-refractivity contribution < 1.29 is 14.4 Å². The summed E-state index contributed by atoms with van der Waals surface area (Å²) in [7, 11) is 1.74. The van der Waals surface area contributed by atoms with Crippen molar-refractivity contribution >= 4 is 17.7 Å². The number of amides is 3. The van der Waals surface area contributed by atoms with E-state index in [1.165, 1.54) is 0 Å². The fourth-order valence-electron chi connectivity index (χ4n) is 2.75. The number of likely N-dealkylation sites (N-methyl/N-ethyl adjacent to an activating group) is 1. The van der Waals surface area contributed by atoms with E-state index < -0.39 is 0 Å². The standard InChI is InChI=1S/C16H18N2O3/c1-10(11-7-8-11)17(2)14(19)9-18-15(20)12-5-3-4-6-13(12)16(18)21/h3-6,10-11H,7-9H2,1-2H3/t10-/m1/s1. The number of rotatable bonds is 4. The molecule has 110 valence electrons. The lowest BCUT2D eigenvalue weighted by molar-refractivity contribution is -0.132. The normalized spacial score (nSPS) is 18.7. The van der Waals surface area contributed by atoms with Crippen LogP contribution in [0.25, 0.3) is 0 Å². The molecular formula is C16H18N2O3. The smallest absolute Gasteiger partial charge is 0.262 e. The Morgan fingerprint density at radius 2 is 1.76 bits per heavy atom. The van der Waals surface area contributed by atoms with Crippen LogP contribution in [-0.4, -0.2) is 47.2 Å². The second kappa shape index (κ2) is 4.98. The lowest BCUT2D eigenvalue weighted by Gasteiger charge is -2.26. The molecule has 1 fully saturated rings. The van der Waals surface area contributed by atoms with E-state index in [0.29, 0.717) is 17.0 Å². The predicted molar refractivity (Wildman–Crippen MR) is 76.8 cm³/mol. The number of imide groups is 1. The van der Waals surface area contributed by atoms with Gasteiger partial charge in [0.1, 0.15) is 6.54 Å². The molecule has 3 amide bonds. The van der Waals surface area contributed by atoms with Crippen LogP contribution in [0.5, 0.6) is 0 Å². The number of carbonyl (C=O) groups is 3. The number of carbonyl (C=O) groups excluding carboxylic acids is 3. The van der Waals surface area contributed by atoms with Crippen LogP contribution in [0.3, 0.4) is 0 Å². The fraction of sp³-hybridized carbons (Fsp3) is 0.438. The van der Waals surface area contributed by atoms with E-state index in [4.69, 9.17) is 0 Å². The summed E-state index contributed by atoms with van der Waals surface area (Å²) < 4.78 is 0. The molecule has 3 rings (SSSR count). The van der Waals surface area contributed by atoms with Crippen molar-refractivity contribution in [3.05, 3.63) is 35.4 Å². The zero-order chi connectivity index (χ0) is 15.1. The van der Waals surface area contributed by atoms with Gasteiger partial charge in [-0.25, -0.2) is 0 Å². The Morgan fingerprint density at radius 3 is 2.24 bits per heavy atom. The van der Waals surface area contributed by atoms with E-state index in [1.807, 2.05) is 6.92 Å². The molecule has 1 heterocycles. The van der Waals surface area contributed by atoms with Crippen molar-refractivity contribution in [3.63, 3.8) is 0 Å². The van der Waals surface area contributed by atoms with Crippen molar-refractivity contribution in [1.82, 2.24) is 9.80 Å². The van der Waals surface area contributed by atoms with Crippen molar-refractivity contribution in [2.24, 2.45) is 5.92 Å². The molecule has 1 aromatic carbocycles. The molecule has 5 nitrogen and oxygen atoms in total. The minimum atomic E-state index is -0.378. The molecule has 0 unspecified atom stereocenters. The van der Waals surface area contributed by atoms with Crippen LogP contribution in [0.4, 0.5) is 0 Å². The van der Waals surface area contributed by atoms with E-state index in [2.05, 4.69) is 0 Å². The molecule has 5 heteroatoms. The molecule has 21 heavy (non-hydrogen) atoms. The molecule has 0 bridgehead atoms. The highest BCUT2D eigenvalue weighted by molar-refractivity contribution is 6.22. The molecule has 0 saturated heterocycles. The van der Waals surface area contributed by atoms with Crippen molar-refractivity contribution in [1.29, 1.82) is 0 Å². The minimum Gasteiger partial charge on any atom is -0.341 e. The summed E-state index contributed by atoms with van der Waals surface area (Å²) in [5.74, 6) is -0.391. The van der Waals surface area contributed by atoms with Gasteiger partial charge < -0.3 is 4.90 Å². The molecule has 0 radical (unpaired) electrons. The van der Waals surface area contributed by atoms with E-state index in [0.717, 1.165) is 17.7 Å². The third-order valence-corrected chi connectivity index (χ3v) is 4.48. The monoisotopic (exact) mass is 286 g/mol. The van der Waals surface area contributed by atoms with Gasteiger partial charge in [-0.1, -0.05) is 12.1 Å². The van der Waals surface area contributed by atoms with Crippen LogP contribution in [0, 0.1) is 5.92 Å². The number of fused-ring (bicyclic) bond motifs is 1. The van der Waals surface area contributed by atoms with Gasteiger partial charge in [-0.15, -0.1) is 0 Å². The number of nitrogens with zero attached hydrogens (tertiary/aromatic N) is 2. The molecule has 1 saturated carbocycles. The highest BCUT2D eigenvalue weighted by Gasteiger charge is 2.38. The first-order valence-electron chi connectivity index (χ1n) is 7.21. The SMILES string of the molecule is C[C@H](C1CC1)N(C)C(=O)CN1C(=O)c2ccccc2C1=O. The van der Waals surface area contributed by atoms with Crippen LogP contribution in [0.1, 0.15) is 40.5 Å². The second-order valence-corrected chi connectivity index (χ2v) is 5.82. The molecule has 0 N–H and O–H groups in total. The Kier molecular flexibility index (Phi) is 3.27. The van der Waals surface area contributed by atoms with Gasteiger partial charge in [-0.2, -0.15) is 0 Å². The molecule has 0 spiro atoms. The molecule has 0 aromatic heterocycles. The summed E-state index contributed by atoms with van der Waals surface area (Å²) in [4.78, 5) is 39.4. The second-order valence-electron chi connectivity index (χ2n) is 5.82. The van der Waals surface area contributed by atoms with E-state index in [1.54, 1.807) is 36.2 Å². The zero-order valence-corrected chi connectivity index (χ0v) is 12.2. The Labute approximate surface area is 123 Å². The first-order chi connectivity index (χ1) is 10.0. The van der Waals surface area contributed by atoms with Gasteiger partial charge in [0.15, 0.2) is 0 Å². The third kappa shape index (κ3) is 2.33. The quantitative estimate of drug-likeness (QED) is 0.789. The molecule has 1 aliphatic carbocycles. The van der Waals surface area contributed by atoms with Gasteiger partial charge in [0.05, 0.1) is 11.1 Å². The topological polar surface area (TPSA) is 57.7 Å². The van der Waals surface area contributed by atoms with Crippen LogP contribution in [0.2, 0.25) is 0 Å². The molecule has 1 aliphatic heterocycles. The lowest BCUT2D eigenvalue weighted by Crippen LogP contribution is -2.44. The summed E-state index contributed by atoms with van der Waals surface area (Å²) in [6.07, 6.45) is 2.29. The fourth-order valence-corrected chi connectivity index (χ4v) is 2.75. The van der Waals surface area contributed by atoms with Crippen molar-refractivity contribution in [2.45, 2.75) is 25.8 Å². The van der Waals surface area contributed by atoms with Gasteiger partial charge in [-0.3, -0.25) is 19.3 Å². The first-order valence-corrected chi connectivity index (χ1v) is 7.21. The van der Waals surface area contributed by atoms with Gasteiger partial charge >= 0.3 is 0 Å². The number of hydrogen-bond donors (Lipinski definition) is 0. The molecule has 1 atom stereocenters. The van der Waals surface area contributed by atoms with Gasteiger partial charge in [0.25, 0.3) is 11.8 Å². The third-order valence-electron chi connectivity index (χ3n) is 4.48. The van der Waals surface area contributed by atoms with Crippen LogP contribution in [0.15, 0.2) is 24.3 Å². The average molecular weight is 286 g/mol. The van der Waals surface area contributed by atoms with Crippen LogP contribution in [-0.2, 0) is 4.79 Å². The van der Waals surface area contributed by atoms with Crippen LogP contribution < -0.4 is 0 Å². The van der Waals surface area contributed by atoms with Crippen molar-refractivity contribution in [3.8, 4) is 0 Å². The number of hydrogen-bond acceptors (Lipinski definition) is 3. The van der Waals surface area contributed by atoms with Gasteiger partial charge in [0.2, 0.25) is 5.91 Å². The first kappa shape index (κ1) is 13.8. The van der Waals surface area contributed by atoms with E-state index in [-0.39, 0.29) is 30.3 Å². The van der Waals surface area contributed by atoms with E-state index >= 15 is 0 Å². The highest BCUT2D eigenvalue weighted by Crippen LogP contribution is 2.34. The Balaban J connectivity index is 1.73. The average Bonchev–Trinajstić information content (AvgIpc) is 3.31. The lowest BCUT2D eigenvalue weighted by atomic mass is 10.1. The summed E-state index contributed by atoms with van der Waals surface area (Å²) in [6.45, 7) is 1.83. The predicted octanol–water partition coefficient (Wildman–Crippen LogP) is 1.54. The summed E-state index contributed by atoms with van der Waals surface area (Å²) in [5.41, 5.74) is 0.765. The van der Waals surface area contributed by atoms with Crippen molar-refractivity contribution in [2.75, 3.05) is 13.6 Å². The molecule has 2 aliphatic rings. The Hall–Kier alpha value is -2.17. The molecular weight excluding hydrogens is 268 g/mol. The summed E-state index contributed by atoms with van der Waals surface area (Å²) in [5, 5.41) is 0. The van der Waals surface area contributed by atoms with E-state index in [9.17, 15) is 14.4 Å².